The molecule has 4 aromatic rings. The lowest BCUT2D eigenvalue weighted by Gasteiger charge is -1.98. The van der Waals surface area contributed by atoms with Crippen LogP contribution in [0.1, 0.15) is 0 Å². The summed E-state index contributed by atoms with van der Waals surface area (Å²) in [4.78, 5) is 0.633. The third-order valence-electron chi connectivity index (χ3n) is 3.18. The molecule has 2 heterocycles. The molecule has 2 aromatic heterocycles. The van der Waals surface area contributed by atoms with Gasteiger partial charge in [-0.1, -0.05) is 51.5 Å². The molecule has 4 rings (SSSR count). The number of nitrogens with zero attached hydrogens (tertiary/aromatic N) is 4. The molecule has 0 aliphatic rings. The molecule has 0 saturated heterocycles. The second-order valence-corrected chi connectivity index (χ2v) is 6.49. The summed E-state index contributed by atoms with van der Waals surface area (Å²) in [5.74, 6) is 0.339. The first-order valence-electron chi connectivity index (χ1n) is 6.45. The summed E-state index contributed by atoms with van der Waals surface area (Å²) in [7, 11) is 0. The summed E-state index contributed by atoms with van der Waals surface area (Å²) in [6.07, 6.45) is 0. The summed E-state index contributed by atoms with van der Waals surface area (Å²) < 4.78 is 16.5. The minimum Gasteiger partial charge on any atom is -0.206 e. The predicted molar refractivity (Wildman–Crippen MR) is 87.2 cm³/mol. The van der Waals surface area contributed by atoms with E-state index in [1.165, 1.54) is 17.4 Å². The zero-order valence-electron chi connectivity index (χ0n) is 11.1. The summed E-state index contributed by atoms with van der Waals surface area (Å²) in [6.45, 7) is 0. The molecule has 0 spiro atoms. The second-order valence-electron chi connectivity index (χ2n) is 4.62. The number of hydrogen-bond acceptors (Lipinski definition) is 4. The van der Waals surface area contributed by atoms with Crippen LogP contribution in [-0.4, -0.2) is 19.8 Å². The molecule has 0 bridgehead atoms. The van der Waals surface area contributed by atoms with Gasteiger partial charge in [-0.15, -0.1) is 10.2 Å². The van der Waals surface area contributed by atoms with Gasteiger partial charge in [0, 0.05) is 15.6 Å². The standard InChI is InChI=1S/C15H8BrFN4S/c16-10-5-3-4-9(8-10)13-18-19-15-21(13)20-14(22-15)11-6-1-2-7-12(11)17/h1-8H. The van der Waals surface area contributed by atoms with Gasteiger partial charge in [0.15, 0.2) is 10.8 Å². The van der Waals surface area contributed by atoms with Gasteiger partial charge in [0.05, 0.1) is 0 Å². The van der Waals surface area contributed by atoms with Crippen LogP contribution >= 0.6 is 27.3 Å². The van der Waals surface area contributed by atoms with Gasteiger partial charge in [-0.2, -0.15) is 9.61 Å². The first kappa shape index (κ1) is 13.5. The molecule has 0 atom stereocenters. The lowest BCUT2D eigenvalue weighted by molar-refractivity contribution is 0.631. The lowest BCUT2D eigenvalue weighted by atomic mass is 10.2. The fraction of sp³-hybridized carbons (Fsp3) is 0. The molecular formula is C15H8BrFN4S. The highest BCUT2D eigenvalue weighted by molar-refractivity contribution is 9.10. The van der Waals surface area contributed by atoms with Crippen molar-refractivity contribution in [2.45, 2.75) is 0 Å². The van der Waals surface area contributed by atoms with Crippen molar-refractivity contribution < 1.29 is 4.39 Å². The number of aromatic nitrogens is 4. The maximum absolute atomic E-state index is 13.9. The van der Waals surface area contributed by atoms with Crippen molar-refractivity contribution in [1.29, 1.82) is 0 Å². The van der Waals surface area contributed by atoms with Gasteiger partial charge < -0.3 is 0 Å². The summed E-state index contributed by atoms with van der Waals surface area (Å²) in [5, 5.41) is 13.3. The molecule has 22 heavy (non-hydrogen) atoms. The van der Waals surface area contributed by atoms with Crippen molar-refractivity contribution in [3.63, 3.8) is 0 Å². The largest absolute Gasteiger partial charge is 0.235 e. The Morgan fingerprint density at radius 3 is 2.73 bits per heavy atom. The van der Waals surface area contributed by atoms with Crippen molar-refractivity contribution >= 4 is 32.2 Å². The van der Waals surface area contributed by atoms with E-state index in [-0.39, 0.29) is 5.82 Å². The molecule has 0 amide bonds. The van der Waals surface area contributed by atoms with E-state index in [0.717, 1.165) is 10.0 Å². The number of benzene rings is 2. The summed E-state index contributed by atoms with van der Waals surface area (Å²) >= 11 is 4.75. The Labute approximate surface area is 137 Å². The van der Waals surface area contributed by atoms with E-state index in [0.29, 0.717) is 21.4 Å². The van der Waals surface area contributed by atoms with Gasteiger partial charge in [0.1, 0.15) is 5.82 Å². The molecule has 0 fully saturated rings. The van der Waals surface area contributed by atoms with Crippen molar-refractivity contribution in [3.8, 4) is 22.0 Å². The van der Waals surface area contributed by atoms with Gasteiger partial charge in [-0.25, -0.2) is 4.39 Å². The van der Waals surface area contributed by atoms with Gasteiger partial charge in [-0.05, 0) is 24.3 Å². The molecule has 2 aromatic carbocycles. The number of hydrogen-bond donors (Lipinski definition) is 0. The molecule has 4 nitrogen and oxygen atoms in total. The van der Waals surface area contributed by atoms with E-state index >= 15 is 0 Å². The van der Waals surface area contributed by atoms with Crippen molar-refractivity contribution in [2.24, 2.45) is 0 Å². The van der Waals surface area contributed by atoms with Gasteiger partial charge in [0.2, 0.25) is 4.96 Å². The zero-order valence-corrected chi connectivity index (χ0v) is 13.5. The highest BCUT2D eigenvalue weighted by Crippen LogP contribution is 2.30. The van der Waals surface area contributed by atoms with E-state index in [1.807, 2.05) is 24.3 Å². The van der Waals surface area contributed by atoms with Gasteiger partial charge in [-0.3, -0.25) is 0 Å². The second kappa shape index (κ2) is 5.26. The third-order valence-corrected chi connectivity index (χ3v) is 4.60. The number of fused-ring (bicyclic) bond motifs is 1. The lowest BCUT2D eigenvalue weighted by Crippen LogP contribution is -1.91. The number of rotatable bonds is 2. The average Bonchev–Trinajstić information content (AvgIpc) is 3.07. The maximum Gasteiger partial charge on any atom is 0.235 e. The van der Waals surface area contributed by atoms with Gasteiger partial charge in [0.25, 0.3) is 0 Å². The smallest absolute Gasteiger partial charge is 0.206 e. The third kappa shape index (κ3) is 2.22. The average molecular weight is 375 g/mol. The topological polar surface area (TPSA) is 43.1 Å². The monoisotopic (exact) mass is 374 g/mol. The molecule has 0 radical (unpaired) electrons. The Hall–Kier alpha value is -2.12. The maximum atomic E-state index is 13.9. The molecule has 7 heteroatoms. The molecule has 108 valence electrons. The molecule has 0 aliphatic carbocycles. The van der Waals surface area contributed by atoms with E-state index in [4.69, 9.17) is 0 Å². The highest BCUT2D eigenvalue weighted by atomic mass is 79.9. The van der Waals surface area contributed by atoms with Gasteiger partial charge >= 0.3 is 0 Å². The zero-order chi connectivity index (χ0) is 15.1. The molecule has 0 N–H and O–H groups in total. The van der Waals surface area contributed by atoms with Crippen LogP contribution in [0.2, 0.25) is 0 Å². The quantitative estimate of drug-likeness (QED) is 0.521. The van der Waals surface area contributed by atoms with Crippen LogP contribution in [0.25, 0.3) is 26.9 Å². The van der Waals surface area contributed by atoms with Crippen LogP contribution in [0, 0.1) is 5.82 Å². The van der Waals surface area contributed by atoms with Crippen LogP contribution in [0.4, 0.5) is 4.39 Å². The fourth-order valence-corrected chi connectivity index (χ4v) is 3.43. The van der Waals surface area contributed by atoms with Crippen LogP contribution in [-0.2, 0) is 0 Å². The van der Waals surface area contributed by atoms with Crippen molar-refractivity contribution in [1.82, 2.24) is 19.8 Å². The number of halogens is 2. The highest BCUT2D eigenvalue weighted by Gasteiger charge is 2.16. The van der Waals surface area contributed by atoms with E-state index in [1.54, 1.807) is 22.7 Å². The Bertz CT molecular complexity index is 979. The predicted octanol–water partition coefficient (Wildman–Crippen LogP) is 4.42. The summed E-state index contributed by atoms with van der Waals surface area (Å²) in [6, 6.07) is 14.3. The molecular weight excluding hydrogens is 367 g/mol. The molecule has 0 saturated carbocycles. The normalized spacial score (nSPS) is 11.2. The van der Waals surface area contributed by atoms with Crippen molar-refractivity contribution in [2.75, 3.05) is 0 Å². The summed E-state index contributed by atoms with van der Waals surface area (Å²) in [5.41, 5.74) is 1.37. The van der Waals surface area contributed by atoms with Crippen LogP contribution in [0.3, 0.4) is 0 Å². The van der Waals surface area contributed by atoms with E-state index < -0.39 is 0 Å². The SMILES string of the molecule is Fc1ccccc1-c1nn2c(-c3cccc(Br)c3)nnc2s1. The molecule has 0 aliphatic heterocycles. The Morgan fingerprint density at radius 1 is 1.05 bits per heavy atom. The van der Waals surface area contributed by atoms with Crippen molar-refractivity contribution in [3.05, 3.63) is 58.8 Å². The van der Waals surface area contributed by atoms with Crippen LogP contribution in [0.5, 0.6) is 0 Å². The fourth-order valence-electron chi connectivity index (χ4n) is 2.17. The Kier molecular flexibility index (Phi) is 3.24. The minimum atomic E-state index is -0.295. The first-order valence-corrected chi connectivity index (χ1v) is 8.06. The molecule has 0 unspecified atom stereocenters. The first-order chi connectivity index (χ1) is 10.7. The Morgan fingerprint density at radius 2 is 1.91 bits per heavy atom. The van der Waals surface area contributed by atoms with E-state index in [9.17, 15) is 4.39 Å². The van der Waals surface area contributed by atoms with E-state index in [2.05, 4.69) is 31.2 Å². The van der Waals surface area contributed by atoms with Crippen LogP contribution < -0.4 is 0 Å². The Balaban J connectivity index is 1.88. The van der Waals surface area contributed by atoms with Crippen LogP contribution in [0.15, 0.2) is 53.0 Å². The minimum absolute atomic E-state index is 0.295.